The zero-order valence-corrected chi connectivity index (χ0v) is 18.0. The zero-order chi connectivity index (χ0) is 15.8. The molecule has 3 heteroatoms. The van der Waals surface area contributed by atoms with Gasteiger partial charge >= 0.3 is 138 Å². The molecule has 0 N–H and O–H groups in total. The van der Waals surface area contributed by atoms with Crippen LogP contribution in [0, 0.1) is 0 Å². The van der Waals surface area contributed by atoms with E-state index in [1.807, 2.05) is 13.1 Å². The van der Waals surface area contributed by atoms with Gasteiger partial charge in [-0.1, -0.05) is 0 Å². The third kappa shape index (κ3) is 11.6. The molecule has 21 heavy (non-hydrogen) atoms. The van der Waals surface area contributed by atoms with Gasteiger partial charge in [-0.15, -0.1) is 0 Å². The molecule has 0 fully saturated rings. The second-order valence-corrected chi connectivity index (χ2v) is 20.0. The van der Waals surface area contributed by atoms with Crippen molar-refractivity contribution in [2.75, 3.05) is 17.8 Å². The van der Waals surface area contributed by atoms with Gasteiger partial charge in [0.2, 0.25) is 0 Å². The van der Waals surface area contributed by atoms with E-state index in [2.05, 4.69) is 25.8 Å². The van der Waals surface area contributed by atoms with Crippen LogP contribution in [0.4, 0.5) is 0 Å². The van der Waals surface area contributed by atoms with E-state index in [-0.39, 0.29) is 0 Å². The molecule has 0 unspecified atom stereocenters. The Balaban J connectivity index is 4.34. The fraction of sp³-hybridized carbons (Fsp3) is 0.944. The Bertz CT molecular complexity index is 222. The SMILES string of the molecule is CC=NCCCO[CH2][Sn]([CH2]CCC)([CH2]CCC)[CH2]CCC. The molecule has 0 aliphatic carbocycles. The van der Waals surface area contributed by atoms with Gasteiger partial charge in [0.1, 0.15) is 0 Å². The van der Waals surface area contributed by atoms with Crippen molar-refractivity contribution in [2.24, 2.45) is 4.99 Å². The van der Waals surface area contributed by atoms with E-state index < -0.39 is 18.4 Å². The summed E-state index contributed by atoms with van der Waals surface area (Å²) in [5.41, 5.74) is 0. The van der Waals surface area contributed by atoms with Crippen LogP contribution in [0.25, 0.3) is 0 Å². The standard InChI is InChI=1S/C6H12NO.3C4H9.Sn/c1-3-7-5-4-6-8-2;3*1-3-4-2;/h3H,2,4-6H2,1H3;3*1,3-4H2,2H3;. The first-order valence-corrected chi connectivity index (χ1v) is 17.3. The third-order valence-corrected chi connectivity index (χ3v) is 18.8. The second kappa shape index (κ2) is 15.3. The summed E-state index contributed by atoms with van der Waals surface area (Å²) >= 11 is -2.02. The molecule has 0 aliphatic rings. The first-order chi connectivity index (χ1) is 10.2. The second-order valence-electron chi connectivity index (χ2n) is 6.38. The van der Waals surface area contributed by atoms with Crippen molar-refractivity contribution in [1.82, 2.24) is 0 Å². The average molecular weight is 404 g/mol. The molecule has 0 aromatic heterocycles. The predicted octanol–water partition coefficient (Wildman–Crippen LogP) is 5.87. The molecule has 0 saturated carbocycles. The van der Waals surface area contributed by atoms with Crippen LogP contribution in [0.5, 0.6) is 0 Å². The molecular weight excluding hydrogens is 365 g/mol. The van der Waals surface area contributed by atoms with E-state index in [0.717, 1.165) is 19.6 Å². The first-order valence-electron chi connectivity index (χ1n) is 9.26. The molecule has 0 aliphatic heterocycles. The van der Waals surface area contributed by atoms with E-state index in [0.29, 0.717) is 0 Å². The van der Waals surface area contributed by atoms with E-state index >= 15 is 0 Å². The quantitative estimate of drug-likeness (QED) is 0.190. The van der Waals surface area contributed by atoms with Crippen LogP contribution >= 0.6 is 0 Å². The Morgan fingerprint density at radius 1 is 0.857 bits per heavy atom. The van der Waals surface area contributed by atoms with Crippen molar-refractivity contribution in [3.8, 4) is 0 Å². The fourth-order valence-electron chi connectivity index (χ4n) is 2.92. The molecule has 0 amide bonds. The molecule has 0 atom stereocenters. The Morgan fingerprint density at radius 2 is 1.38 bits per heavy atom. The molecule has 0 bridgehead atoms. The van der Waals surface area contributed by atoms with Gasteiger partial charge in [-0.25, -0.2) is 0 Å². The molecule has 0 saturated heterocycles. The van der Waals surface area contributed by atoms with Gasteiger partial charge in [-0.05, 0) is 0 Å². The minimum atomic E-state index is -2.02. The molecular formula is C18H39NOSn. The van der Waals surface area contributed by atoms with Crippen LogP contribution in [0.1, 0.15) is 72.6 Å². The summed E-state index contributed by atoms with van der Waals surface area (Å²) in [5.74, 6) is 0. The van der Waals surface area contributed by atoms with Gasteiger partial charge in [-0.2, -0.15) is 0 Å². The molecule has 0 aromatic rings. The summed E-state index contributed by atoms with van der Waals surface area (Å²) in [6.45, 7) is 10.8. The van der Waals surface area contributed by atoms with Crippen molar-refractivity contribution >= 4 is 24.6 Å². The fourth-order valence-corrected chi connectivity index (χ4v) is 17.4. The van der Waals surface area contributed by atoms with Crippen LogP contribution in [0.3, 0.4) is 0 Å². The first kappa shape index (κ1) is 21.4. The number of hydrogen-bond acceptors (Lipinski definition) is 2. The molecule has 0 spiro atoms. The zero-order valence-electron chi connectivity index (χ0n) is 15.1. The molecule has 2 nitrogen and oxygen atoms in total. The number of ether oxygens (including phenoxy) is 1. The van der Waals surface area contributed by atoms with Crippen LogP contribution < -0.4 is 0 Å². The number of aliphatic imine (C=N–C) groups is 1. The van der Waals surface area contributed by atoms with Crippen LogP contribution in [-0.4, -0.2) is 42.4 Å². The molecule has 0 heterocycles. The predicted molar refractivity (Wildman–Crippen MR) is 99.4 cm³/mol. The molecule has 0 radical (unpaired) electrons. The van der Waals surface area contributed by atoms with Crippen molar-refractivity contribution in [2.45, 2.75) is 86.0 Å². The number of nitrogens with zero attached hydrogens (tertiary/aromatic N) is 1. The van der Waals surface area contributed by atoms with Crippen molar-refractivity contribution in [3.63, 3.8) is 0 Å². The van der Waals surface area contributed by atoms with Gasteiger partial charge < -0.3 is 0 Å². The Labute approximate surface area is 138 Å². The third-order valence-electron chi connectivity index (χ3n) is 4.35. The summed E-state index contributed by atoms with van der Waals surface area (Å²) in [6.07, 6.45) is 11.3. The Morgan fingerprint density at radius 3 is 1.81 bits per heavy atom. The van der Waals surface area contributed by atoms with Crippen LogP contribution in [0.2, 0.25) is 13.3 Å². The van der Waals surface area contributed by atoms with Gasteiger partial charge in [0.05, 0.1) is 0 Å². The maximum absolute atomic E-state index is 6.16. The van der Waals surface area contributed by atoms with Crippen molar-refractivity contribution in [3.05, 3.63) is 0 Å². The maximum atomic E-state index is 6.16. The average Bonchev–Trinajstić information content (AvgIpc) is 2.51. The number of hydrogen-bond donors (Lipinski definition) is 0. The van der Waals surface area contributed by atoms with Crippen LogP contribution in [0.15, 0.2) is 4.99 Å². The van der Waals surface area contributed by atoms with Gasteiger partial charge in [0.15, 0.2) is 0 Å². The summed E-state index contributed by atoms with van der Waals surface area (Å²) in [5, 5.41) is 0. The van der Waals surface area contributed by atoms with Crippen LogP contribution in [-0.2, 0) is 4.74 Å². The summed E-state index contributed by atoms with van der Waals surface area (Å²) in [6, 6.07) is 0. The van der Waals surface area contributed by atoms with E-state index in [1.54, 1.807) is 13.3 Å². The van der Waals surface area contributed by atoms with Gasteiger partial charge in [0, 0.05) is 0 Å². The Kier molecular flexibility index (Phi) is 15.6. The molecule has 0 aromatic carbocycles. The number of unbranched alkanes of at least 4 members (excludes halogenated alkanes) is 3. The monoisotopic (exact) mass is 405 g/mol. The minimum absolute atomic E-state index is 0.917. The summed E-state index contributed by atoms with van der Waals surface area (Å²) in [4.78, 5) is 4.27. The molecule has 0 rings (SSSR count). The van der Waals surface area contributed by atoms with Crippen molar-refractivity contribution in [1.29, 1.82) is 0 Å². The van der Waals surface area contributed by atoms with Crippen molar-refractivity contribution < 1.29 is 4.74 Å². The summed E-state index contributed by atoms with van der Waals surface area (Å²) in [7, 11) is 0. The van der Waals surface area contributed by atoms with Gasteiger partial charge in [0.25, 0.3) is 0 Å². The summed E-state index contributed by atoms with van der Waals surface area (Å²) < 4.78 is 12.0. The Hall–Kier alpha value is 0.429. The number of rotatable bonds is 15. The van der Waals surface area contributed by atoms with E-state index in [1.165, 1.54) is 43.1 Å². The topological polar surface area (TPSA) is 21.6 Å². The molecule has 126 valence electrons. The normalized spacial score (nSPS) is 12.4. The van der Waals surface area contributed by atoms with E-state index in [4.69, 9.17) is 4.74 Å². The van der Waals surface area contributed by atoms with Gasteiger partial charge in [-0.3, -0.25) is 0 Å². The van der Waals surface area contributed by atoms with E-state index in [9.17, 15) is 0 Å².